The van der Waals surface area contributed by atoms with Crippen molar-refractivity contribution in [3.63, 3.8) is 0 Å². The van der Waals surface area contributed by atoms with Crippen LogP contribution in [0.3, 0.4) is 0 Å². The molecule has 0 unspecified atom stereocenters. The molecule has 1 aromatic carbocycles. The minimum atomic E-state index is -0.192. The van der Waals surface area contributed by atoms with Crippen LogP contribution in [0, 0.1) is 6.92 Å². The summed E-state index contributed by atoms with van der Waals surface area (Å²) in [6.07, 6.45) is 0. The van der Waals surface area contributed by atoms with Crippen LogP contribution < -0.4 is 10.9 Å². The number of nitrogens with zero attached hydrogens (tertiary/aromatic N) is 3. The van der Waals surface area contributed by atoms with E-state index in [0.717, 1.165) is 0 Å². The summed E-state index contributed by atoms with van der Waals surface area (Å²) >= 11 is 5.91. The van der Waals surface area contributed by atoms with Crippen LogP contribution in [0.25, 0.3) is 10.9 Å². The molecule has 0 aliphatic carbocycles. The van der Waals surface area contributed by atoms with Crippen LogP contribution in [-0.4, -0.2) is 20.1 Å². The van der Waals surface area contributed by atoms with Crippen LogP contribution in [-0.2, 0) is 13.1 Å². The van der Waals surface area contributed by atoms with Crippen molar-refractivity contribution in [2.45, 2.75) is 20.0 Å². The van der Waals surface area contributed by atoms with Gasteiger partial charge in [-0.1, -0.05) is 16.8 Å². The third-order valence-electron chi connectivity index (χ3n) is 2.86. The molecule has 0 atom stereocenters. The molecule has 0 saturated heterocycles. The summed E-state index contributed by atoms with van der Waals surface area (Å²) < 4.78 is 4.98. The Balaban J connectivity index is 1.76. The molecule has 7 nitrogen and oxygen atoms in total. The molecule has 0 spiro atoms. The van der Waals surface area contributed by atoms with Crippen LogP contribution in [0.2, 0.25) is 5.02 Å². The molecular formula is C13H12ClN5O2. The van der Waals surface area contributed by atoms with Crippen molar-refractivity contribution in [3.8, 4) is 0 Å². The number of aromatic amines is 1. The van der Waals surface area contributed by atoms with Gasteiger partial charge in [0.05, 0.1) is 24.0 Å². The molecule has 8 heteroatoms. The van der Waals surface area contributed by atoms with E-state index in [1.165, 1.54) is 0 Å². The van der Waals surface area contributed by atoms with E-state index >= 15 is 0 Å². The predicted octanol–water partition coefficient (Wildman–Crippen LogP) is 1.56. The maximum Gasteiger partial charge on any atom is 0.258 e. The van der Waals surface area contributed by atoms with Crippen LogP contribution >= 0.6 is 11.6 Å². The van der Waals surface area contributed by atoms with E-state index in [-0.39, 0.29) is 5.56 Å². The first-order valence-electron chi connectivity index (χ1n) is 6.30. The van der Waals surface area contributed by atoms with Crippen molar-refractivity contribution >= 4 is 22.5 Å². The molecule has 108 valence electrons. The number of aryl methyl sites for hydroxylation is 1. The highest BCUT2D eigenvalue weighted by molar-refractivity contribution is 6.31. The third-order valence-corrected chi connectivity index (χ3v) is 3.09. The average molecular weight is 306 g/mol. The Bertz CT molecular complexity index is 842. The summed E-state index contributed by atoms with van der Waals surface area (Å²) in [4.78, 5) is 23.1. The second-order valence-corrected chi connectivity index (χ2v) is 4.95. The Morgan fingerprint density at radius 1 is 1.33 bits per heavy atom. The van der Waals surface area contributed by atoms with Crippen LogP contribution in [0.4, 0.5) is 0 Å². The quantitative estimate of drug-likeness (QED) is 0.759. The molecule has 0 saturated carbocycles. The summed E-state index contributed by atoms with van der Waals surface area (Å²) in [6, 6.07) is 4.98. The number of halogens is 1. The molecule has 2 heterocycles. The standard InChI is InChI=1S/C13H12ClN5O2/c1-7-16-12(21-19-7)6-15-5-11-17-10-4-8(14)2-3-9(10)13(20)18-11/h2-4,15H,5-6H2,1H3,(H,17,18,20). The van der Waals surface area contributed by atoms with Crippen molar-refractivity contribution in [1.29, 1.82) is 0 Å². The molecule has 0 aliphatic heterocycles. The van der Waals surface area contributed by atoms with Crippen molar-refractivity contribution < 1.29 is 4.52 Å². The van der Waals surface area contributed by atoms with Gasteiger partial charge < -0.3 is 14.8 Å². The van der Waals surface area contributed by atoms with E-state index < -0.39 is 0 Å². The highest BCUT2D eigenvalue weighted by Gasteiger charge is 2.06. The molecule has 21 heavy (non-hydrogen) atoms. The Kier molecular flexibility index (Phi) is 3.68. The van der Waals surface area contributed by atoms with Gasteiger partial charge in [-0.05, 0) is 25.1 Å². The third kappa shape index (κ3) is 3.09. The smallest absolute Gasteiger partial charge is 0.258 e. The lowest BCUT2D eigenvalue weighted by molar-refractivity contribution is 0.363. The second-order valence-electron chi connectivity index (χ2n) is 4.51. The lowest BCUT2D eigenvalue weighted by Crippen LogP contribution is -2.19. The lowest BCUT2D eigenvalue weighted by Gasteiger charge is -2.04. The maximum atomic E-state index is 11.9. The number of aromatic nitrogens is 4. The average Bonchev–Trinajstić information content (AvgIpc) is 2.84. The van der Waals surface area contributed by atoms with Gasteiger partial charge in [-0.15, -0.1) is 0 Å². The fraction of sp³-hybridized carbons (Fsp3) is 0.231. The molecule has 0 bridgehead atoms. The van der Waals surface area contributed by atoms with E-state index in [9.17, 15) is 4.79 Å². The first-order chi connectivity index (χ1) is 10.1. The summed E-state index contributed by atoms with van der Waals surface area (Å²) in [5.41, 5.74) is 0.374. The van der Waals surface area contributed by atoms with Gasteiger partial charge in [0.2, 0.25) is 5.89 Å². The number of H-pyrrole nitrogens is 1. The number of hydrogen-bond acceptors (Lipinski definition) is 6. The number of nitrogens with one attached hydrogen (secondary N) is 2. The summed E-state index contributed by atoms with van der Waals surface area (Å²) in [7, 11) is 0. The maximum absolute atomic E-state index is 11.9. The van der Waals surface area contributed by atoms with E-state index in [0.29, 0.717) is 46.6 Å². The van der Waals surface area contributed by atoms with Gasteiger partial charge in [-0.3, -0.25) is 4.79 Å². The Morgan fingerprint density at radius 3 is 2.95 bits per heavy atom. The highest BCUT2D eigenvalue weighted by Crippen LogP contribution is 2.14. The van der Waals surface area contributed by atoms with Gasteiger partial charge in [0, 0.05) is 5.02 Å². The van der Waals surface area contributed by atoms with Gasteiger partial charge >= 0.3 is 0 Å². The normalized spacial score (nSPS) is 11.1. The number of benzene rings is 1. The molecule has 3 aromatic rings. The number of rotatable bonds is 4. The van der Waals surface area contributed by atoms with E-state index in [4.69, 9.17) is 16.1 Å². The summed E-state index contributed by atoms with van der Waals surface area (Å²) in [5.74, 6) is 1.59. The highest BCUT2D eigenvalue weighted by atomic mass is 35.5. The van der Waals surface area contributed by atoms with Crippen LogP contribution in [0.15, 0.2) is 27.5 Å². The van der Waals surface area contributed by atoms with Gasteiger partial charge in [-0.2, -0.15) is 4.98 Å². The zero-order chi connectivity index (χ0) is 14.8. The van der Waals surface area contributed by atoms with Crippen molar-refractivity contribution in [2.75, 3.05) is 0 Å². The van der Waals surface area contributed by atoms with Gasteiger partial charge in [0.1, 0.15) is 5.82 Å². The lowest BCUT2D eigenvalue weighted by atomic mass is 10.2. The molecule has 3 rings (SSSR count). The van der Waals surface area contributed by atoms with Crippen LogP contribution in [0.5, 0.6) is 0 Å². The predicted molar refractivity (Wildman–Crippen MR) is 77.0 cm³/mol. The van der Waals surface area contributed by atoms with Crippen molar-refractivity contribution in [1.82, 2.24) is 25.4 Å². The fourth-order valence-electron chi connectivity index (χ4n) is 1.94. The SMILES string of the molecule is Cc1noc(CNCc2nc3cc(Cl)ccc3c(=O)[nH]2)n1. The molecule has 2 aromatic heterocycles. The zero-order valence-electron chi connectivity index (χ0n) is 11.2. The van der Waals surface area contributed by atoms with E-state index in [2.05, 4.69) is 25.4 Å². The first kappa shape index (κ1) is 13.7. The molecule has 0 aliphatic rings. The molecule has 0 amide bonds. The monoisotopic (exact) mass is 305 g/mol. The topological polar surface area (TPSA) is 96.7 Å². The fourth-order valence-corrected chi connectivity index (χ4v) is 2.11. The largest absolute Gasteiger partial charge is 0.338 e. The van der Waals surface area contributed by atoms with Crippen molar-refractivity contribution in [2.24, 2.45) is 0 Å². The molecule has 0 radical (unpaired) electrons. The van der Waals surface area contributed by atoms with Crippen molar-refractivity contribution in [3.05, 3.63) is 51.1 Å². The Labute approximate surface area is 124 Å². The Morgan fingerprint density at radius 2 is 2.19 bits per heavy atom. The van der Waals surface area contributed by atoms with Gasteiger partial charge in [0.15, 0.2) is 5.82 Å². The first-order valence-corrected chi connectivity index (χ1v) is 6.68. The second kappa shape index (κ2) is 5.63. The number of fused-ring (bicyclic) bond motifs is 1. The minimum Gasteiger partial charge on any atom is -0.338 e. The van der Waals surface area contributed by atoms with Gasteiger partial charge in [0.25, 0.3) is 5.56 Å². The molecular weight excluding hydrogens is 294 g/mol. The zero-order valence-corrected chi connectivity index (χ0v) is 11.9. The summed E-state index contributed by atoms with van der Waals surface area (Å²) in [5, 5.41) is 7.82. The van der Waals surface area contributed by atoms with E-state index in [1.807, 2.05) is 0 Å². The van der Waals surface area contributed by atoms with E-state index in [1.54, 1.807) is 25.1 Å². The summed E-state index contributed by atoms with van der Waals surface area (Å²) in [6.45, 7) is 2.52. The number of hydrogen-bond donors (Lipinski definition) is 2. The van der Waals surface area contributed by atoms with Gasteiger partial charge in [-0.25, -0.2) is 4.98 Å². The molecule has 0 fully saturated rings. The van der Waals surface area contributed by atoms with Crippen LogP contribution in [0.1, 0.15) is 17.5 Å². The minimum absolute atomic E-state index is 0.192. The molecule has 2 N–H and O–H groups in total. The Hall–Kier alpha value is -2.25.